The molecule has 7 nitrogen and oxygen atoms in total. The summed E-state index contributed by atoms with van der Waals surface area (Å²) in [5.41, 5.74) is 4.51. The Balaban J connectivity index is 1.61. The smallest absolute Gasteiger partial charge is 0.276 e. The van der Waals surface area contributed by atoms with Crippen LogP contribution in [0.2, 0.25) is 0 Å². The summed E-state index contributed by atoms with van der Waals surface area (Å²) < 4.78 is 7.13. The molecular weight excluding hydrogens is 316 g/mol. The minimum atomic E-state index is 0.364. The summed E-state index contributed by atoms with van der Waals surface area (Å²) in [5, 5.41) is 12.4. The molecule has 3 aromatic heterocycles. The van der Waals surface area contributed by atoms with Crippen molar-refractivity contribution in [2.24, 2.45) is 0 Å². The third-order valence-corrected chi connectivity index (χ3v) is 3.96. The zero-order valence-corrected chi connectivity index (χ0v) is 13.9. The summed E-state index contributed by atoms with van der Waals surface area (Å²) in [6, 6.07) is 13.9. The van der Waals surface area contributed by atoms with Gasteiger partial charge in [0.25, 0.3) is 5.89 Å². The third-order valence-electron chi connectivity index (χ3n) is 3.96. The highest BCUT2D eigenvalue weighted by Crippen LogP contribution is 2.21. The Morgan fingerprint density at radius 1 is 1.04 bits per heavy atom. The van der Waals surface area contributed by atoms with E-state index in [0.29, 0.717) is 29.6 Å². The van der Waals surface area contributed by atoms with E-state index in [1.54, 1.807) is 6.20 Å². The molecule has 0 unspecified atom stereocenters. The molecule has 0 bridgehead atoms. The van der Waals surface area contributed by atoms with E-state index in [9.17, 15) is 0 Å². The van der Waals surface area contributed by atoms with Crippen LogP contribution in [0.15, 0.2) is 53.2 Å². The van der Waals surface area contributed by atoms with Crippen LogP contribution in [0.5, 0.6) is 0 Å². The average molecular weight is 332 g/mol. The van der Waals surface area contributed by atoms with Crippen molar-refractivity contribution in [3.8, 4) is 23.1 Å². The molecule has 4 aromatic rings. The summed E-state index contributed by atoms with van der Waals surface area (Å²) in [5.74, 6) is 0.774. The maximum atomic E-state index is 5.30. The molecule has 0 amide bonds. The molecule has 25 heavy (non-hydrogen) atoms. The number of aromatic nitrogens is 6. The van der Waals surface area contributed by atoms with Gasteiger partial charge in [-0.25, -0.2) is 4.68 Å². The van der Waals surface area contributed by atoms with E-state index in [1.165, 1.54) is 5.56 Å². The van der Waals surface area contributed by atoms with E-state index in [0.717, 1.165) is 11.3 Å². The molecule has 0 spiro atoms. The summed E-state index contributed by atoms with van der Waals surface area (Å²) in [6.07, 6.45) is 1.68. The zero-order chi connectivity index (χ0) is 17.2. The molecule has 1 aromatic carbocycles. The number of rotatable bonds is 4. The molecular formula is C18H16N6O. The second-order valence-corrected chi connectivity index (χ2v) is 5.80. The fourth-order valence-corrected chi connectivity index (χ4v) is 2.50. The van der Waals surface area contributed by atoms with Crippen molar-refractivity contribution in [2.45, 2.75) is 20.4 Å². The highest BCUT2D eigenvalue weighted by atomic mass is 16.5. The van der Waals surface area contributed by atoms with E-state index < -0.39 is 0 Å². The van der Waals surface area contributed by atoms with Crippen molar-refractivity contribution < 1.29 is 4.52 Å². The quantitative estimate of drug-likeness (QED) is 0.571. The zero-order valence-electron chi connectivity index (χ0n) is 13.9. The van der Waals surface area contributed by atoms with E-state index in [1.807, 2.05) is 29.8 Å². The second kappa shape index (κ2) is 6.27. The maximum Gasteiger partial charge on any atom is 0.276 e. The van der Waals surface area contributed by atoms with Gasteiger partial charge in [-0.3, -0.25) is 4.98 Å². The number of benzene rings is 1. The number of nitrogens with zero attached hydrogens (tertiary/aromatic N) is 6. The monoisotopic (exact) mass is 332 g/mol. The normalized spacial score (nSPS) is 11.0. The van der Waals surface area contributed by atoms with E-state index in [4.69, 9.17) is 4.52 Å². The van der Waals surface area contributed by atoms with Gasteiger partial charge in [0, 0.05) is 6.20 Å². The van der Waals surface area contributed by atoms with Gasteiger partial charge in [0.1, 0.15) is 5.69 Å². The predicted molar refractivity (Wildman–Crippen MR) is 91.6 cm³/mol. The highest BCUT2D eigenvalue weighted by molar-refractivity contribution is 5.55. The lowest BCUT2D eigenvalue weighted by Gasteiger charge is -2.04. The van der Waals surface area contributed by atoms with Gasteiger partial charge >= 0.3 is 0 Å². The van der Waals surface area contributed by atoms with Crippen LogP contribution in [0.4, 0.5) is 0 Å². The first-order valence-electron chi connectivity index (χ1n) is 7.92. The summed E-state index contributed by atoms with van der Waals surface area (Å²) >= 11 is 0. The Morgan fingerprint density at radius 3 is 2.64 bits per heavy atom. The first-order chi connectivity index (χ1) is 12.2. The van der Waals surface area contributed by atoms with E-state index >= 15 is 0 Å². The minimum Gasteiger partial charge on any atom is -0.332 e. The Hall–Kier alpha value is -3.35. The van der Waals surface area contributed by atoms with Crippen molar-refractivity contribution in [1.29, 1.82) is 0 Å². The van der Waals surface area contributed by atoms with Gasteiger partial charge in [-0.1, -0.05) is 46.3 Å². The van der Waals surface area contributed by atoms with Crippen molar-refractivity contribution in [1.82, 2.24) is 30.1 Å². The lowest BCUT2D eigenvalue weighted by atomic mass is 10.1. The Bertz CT molecular complexity index is 988. The maximum absolute atomic E-state index is 5.30. The van der Waals surface area contributed by atoms with Crippen LogP contribution >= 0.6 is 0 Å². The minimum absolute atomic E-state index is 0.364. The number of pyridine rings is 1. The molecule has 7 heteroatoms. The van der Waals surface area contributed by atoms with E-state index in [-0.39, 0.29) is 0 Å². The van der Waals surface area contributed by atoms with Gasteiger partial charge in [-0.2, -0.15) is 4.98 Å². The molecule has 4 rings (SSSR count). The van der Waals surface area contributed by atoms with Crippen LogP contribution in [0.3, 0.4) is 0 Å². The number of hydrogen-bond donors (Lipinski definition) is 0. The summed E-state index contributed by atoms with van der Waals surface area (Å²) in [7, 11) is 0. The van der Waals surface area contributed by atoms with Gasteiger partial charge in [0.15, 0.2) is 5.69 Å². The average Bonchev–Trinajstić information content (AvgIpc) is 3.25. The topological polar surface area (TPSA) is 82.5 Å². The van der Waals surface area contributed by atoms with Crippen LogP contribution in [0, 0.1) is 13.8 Å². The highest BCUT2D eigenvalue weighted by Gasteiger charge is 2.18. The van der Waals surface area contributed by atoms with Gasteiger partial charge in [-0.15, -0.1) is 5.10 Å². The lowest BCUT2D eigenvalue weighted by molar-refractivity contribution is 0.430. The Labute approximate surface area is 144 Å². The summed E-state index contributed by atoms with van der Waals surface area (Å²) in [6.45, 7) is 4.66. The molecule has 0 fully saturated rings. The first-order valence-corrected chi connectivity index (χ1v) is 7.92. The van der Waals surface area contributed by atoms with Crippen LogP contribution < -0.4 is 0 Å². The van der Waals surface area contributed by atoms with Crippen LogP contribution in [0.25, 0.3) is 23.1 Å². The first kappa shape index (κ1) is 15.2. The molecule has 0 N–H and O–H groups in total. The molecule has 3 heterocycles. The van der Waals surface area contributed by atoms with Gasteiger partial charge in [0.2, 0.25) is 5.82 Å². The van der Waals surface area contributed by atoms with Crippen molar-refractivity contribution >= 4 is 0 Å². The van der Waals surface area contributed by atoms with Crippen LogP contribution in [-0.4, -0.2) is 30.1 Å². The van der Waals surface area contributed by atoms with Crippen molar-refractivity contribution in [3.05, 3.63) is 65.5 Å². The van der Waals surface area contributed by atoms with Crippen molar-refractivity contribution in [3.63, 3.8) is 0 Å². The van der Waals surface area contributed by atoms with Gasteiger partial charge in [-0.05, 0) is 31.5 Å². The lowest BCUT2D eigenvalue weighted by Crippen LogP contribution is -2.04. The fourth-order valence-electron chi connectivity index (χ4n) is 2.50. The van der Waals surface area contributed by atoms with Crippen LogP contribution in [-0.2, 0) is 6.54 Å². The van der Waals surface area contributed by atoms with E-state index in [2.05, 4.69) is 56.6 Å². The SMILES string of the molecule is Cc1ccc(Cn2nnc(-c3noc(-c4ccccn4)n3)c2C)cc1. The molecule has 0 atom stereocenters. The number of hydrogen-bond acceptors (Lipinski definition) is 6. The molecule has 0 aliphatic rings. The fraction of sp³-hybridized carbons (Fsp3) is 0.167. The molecule has 0 aliphatic carbocycles. The third kappa shape index (κ3) is 3.03. The molecule has 0 radical (unpaired) electrons. The van der Waals surface area contributed by atoms with Crippen LogP contribution in [0.1, 0.15) is 16.8 Å². The Kier molecular flexibility index (Phi) is 3.81. The molecule has 0 saturated carbocycles. The summed E-state index contributed by atoms with van der Waals surface area (Å²) in [4.78, 5) is 8.60. The van der Waals surface area contributed by atoms with Gasteiger partial charge in [0.05, 0.1) is 12.2 Å². The largest absolute Gasteiger partial charge is 0.332 e. The predicted octanol–water partition coefficient (Wildman–Crippen LogP) is 3.06. The Morgan fingerprint density at radius 2 is 1.88 bits per heavy atom. The number of aryl methyl sites for hydroxylation is 1. The van der Waals surface area contributed by atoms with Gasteiger partial charge < -0.3 is 4.52 Å². The molecule has 124 valence electrons. The molecule has 0 saturated heterocycles. The van der Waals surface area contributed by atoms with Crippen molar-refractivity contribution in [2.75, 3.05) is 0 Å². The molecule has 0 aliphatic heterocycles. The second-order valence-electron chi connectivity index (χ2n) is 5.80. The standard InChI is InChI=1S/C18H16N6O/c1-12-6-8-14(9-7-12)11-24-13(2)16(21-23-24)17-20-18(25-22-17)15-5-3-4-10-19-15/h3-10H,11H2,1-2H3.